The molecule has 2 rings (SSSR count). The number of rotatable bonds is 2. The van der Waals surface area contributed by atoms with E-state index in [1.807, 2.05) is 0 Å². The Morgan fingerprint density at radius 1 is 1.30 bits per heavy atom. The van der Waals surface area contributed by atoms with Gasteiger partial charge in [-0.1, -0.05) is 0 Å². The van der Waals surface area contributed by atoms with Crippen LogP contribution in [0.4, 0.5) is 14.5 Å². The van der Waals surface area contributed by atoms with Crippen molar-refractivity contribution >= 4 is 43.3 Å². The van der Waals surface area contributed by atoms with Gasteiger partial charge in [-0.15, -0.1) is 8.78 Å². The number of hydrogen-bond acceptors (Lipinski definition) is 6. The van der Waals surface area contributed by atoms with E-state index in [1.54, 1.807) is 12.1 Å². The molecule has 0 aliphatic carbocycles. The average molecular weight is 408 g/mol. The van der Waals surface area contributed by atoms with Crippen LogP contribution in [0, 0.1) is 22.7 Å². The fourth-order valence-electron chi connectivity index (χ4n) is 1.31. The first-order valence-corrected chi connectivity index (χ1v) is 6.38. The summed E-state index contributed by atoms with van der Waals surface area (Å²) in [6.45, 7) is 0. The fourth-order valence-corrected chi connectivity index (χ4v) is 2.65. The quantitative estimate of drug-likeness (QED) is 0.599. The minimum Gasteiger partial charge on any atom is -0.395 e. The first-order chi connectivity index (χ1) is 9.38. The Hall–Kier alpha value is -1.91. The Kier molecular flexibility index (Phi) is 3.79. The molecule has 1 aliphatic heterocycles. The minimum atomic E-state index is -3.75. The van der Waals surface area contributed by atoms with E-state index in [0.717, 1.165) is 0 Å². The second kappa shape index (κ2) is 5.23. The normalized spacial score (nSPS) is 14.1. The third-order valence-electron chi connectivity index (χ3n) is 2.08. The molecule has 0 bridgehead atoms. The van der Waals surface area contributed by atoms with E-state index < -0.39 is 12.0 Å². The molecule has 0 unspecified atom stereocenters. The molecule has 0 fully saturated rings. The SMILES string of the molecule is N#CC(C#N)=NNc1c(Br)cc2c(c1Br)OC(F)(F)O2. The first kappa shape index (κ1) is 14.5. The number of alkyl halides is 2. The molecule has 0 radical (unpaired) electrons. The molecule has 1 aromatic rings. The van der Waals surface area contributed by atoms with Gasteiger partial charge in [-0.2, -0.15) is 15.6 Å². The molecule has 1 aromatic carbocycles. The Labute approximate surface area is 127 Å². The largest absolute Gasteiger partial charge is 0.586 e. The van der Waals surface area contributed by atoms with E-state index in [-0.39, 0.29) is 21.7 Å². The van der Waals surface area contributed by atoms with Crippen molar-refractivity contribution in [1.82, 2.24) is 0 Å². The van der Waals surface area contributed by atoms with Crippen molar-refractivity contribution in [2.24, 2.45) is 5.10 Å². The van der Waals surface area contributed by atoms with Crippen LogP contribution >= 0.6 is 31.9 Å². The Balaban J connectivity index is 2.42. The highest BCUT2D eigenvalue weighted by atomic mass is 79.9. The molecule has 0 spiro atoms. The zero-order chi connectivity index (χ0) is 14.9. The van der Waals surface area contributed by atoms with Gasteiger partial charge in [0.1, 0.15) is 12.1 Å². The summed E-state index contributed by atoms with van der Waals surface area (Å²) in [7, 11) is 0. The lowest BCUT2D eigenvalue weighted by Crippen LogP contribution is -2.26. The van der Waals surface area contributed by atoms with Gasteiger partial charge in [0.05, 0.1) is 10.2 Å². The standard InChI is InChI=1S/C10H2Br2F2N4O2/c11-5-1-6-9(20-10(13,14)19-6)7(12)8(5)18-17-4(2-15)3-16/h1,18H. The predicted octanol–water partition coefficient (Wildman–Crippen LogP) is 3.35. The fraction of sp³-hybridized carbons (Fsp3) is 0.100. The van der Waals surface area contributed by atoms with Crippen molar-refractivity contribution in [3.63, 3.8) is 0 Å². The maximum Gasteiger partial charge on any atom is 0.586 e. The maximum atomic E-state index is 13.0. The summed E-state index contributed by atoms with van der Waals surface area (Å²) >= 11 is 6.19. The van der Waals surface area contributed by atoms with Crippen LogP contribution in [0.3, 0.4) is 0 Å². The number of halogens is 4. The van der Waals surface area contributed by atoms with Crippen molar-refractivity contribution in [3.05, 3.63) is 15.0 Å². The van der Waals surface area contributed by atoms with Crippen molar-refractivity contribution in [3.8, 4) is 23.6 Å². The summed E-state index contributed by atoms with van der Waals surface area (Å²) < 4.78 is 35.0. The van der Waals surface area contributed by atoms with Gasteiger partial charge in [0.25, 0.3) is 0 Å². The molecule has 0 atom stereocenters. The number of nitrogens with zero attached hydrogens (tertiary/aromatic N) is 3. The number of anilines is 1. The Bertz CT molecular complexity index is 678. The lowest BCUT2D eigenvalue weighted by atomic mass is 10.3. The van der Waals surface area contributed by atoms with Crippen LogP contribution in [0.5, 0.6) is 11.5 Å². The highest BCUT2D eigenvalue weighted by molar-refractivity contribution is 9.11. The highest BCUT2D eigenvalue weighted by Gasteiger charge is 2.45. The summed E-state index contributed by atoms with van der Waals surface area (Å²) in [5, 5.41) is 20.6. The molecule has 102 valence electrons. The number of fused-ring (bicyclic) bond motifs is 1. The second-order valence-corrected chi connectivity index (χ2v) is 4.99. The van der Waals surface area contributed by atoms with Crippen molar-refractivity contribution in [1.29, 1.82) is 10.5 Å². The molecule has 0 aromatic heterocycles. The monoisotopic (exact) mass is 406 g/mol. The van der Waals surface area contributed by atoms with Crippen molar-refractivity contribution < 1.29 is 18.3 Å². The smallest absolute Gasteiger partial charge is 0.395 e. The molecule has 1 heterocycles. The lowest BCUT2D eigenvalue weighted by Gasteiger charge is -2.08. The van der Waals surface area contributed by atoms with Crippen LogP contribution in [-0.4, -0.2) is 12.0 Å². The van der Waals surface area contributed by atoms with Gasteiger partial charge in [-0.3, -0.25) is 5.43 Å². The van der Waals surface area contributed by atoms with Gasteiger partial charge in [-0.05, 0) is 31.9 Å². The van der Waals surface area contributed by atoms with Crippen LogP contribution < -0.4 is 14.9 Å². The Morgan fingerprint density at radius 2 is 1.95 bits per heavy atom. The van der Waals surface area contributed by atoms with Crippen molar-refractivity contribution in [2.75, 3.05) is 5.43 Å². The zero-order valence-electron chi connectivity index (χ0n) is 9.25. The van der Waals surface area contributed by atoms with Gasteiger partial charge in [-0.25, -0.2) is 0 Å². The third kappa shape index (κ3) is 2.66. The average Bonchev–Trinajstić information content (AvgIpc) is 2.68. The van der Waals surface area contributed by atoms with Crippen LogP contribution in [0.15, 0.2) is 20.1 Å². The molecule has 1 N–H and O–H groups in total. The maximum absolute atomic E-state index is 13.0. The van der Waals surface area contributed by atoms with Crippen LogP contribution in [-0.2, 0) is 0 Å². The van der Waals surface area contributed by atoms with Crippen LogP contribution in [0.1, 0.15) is 0 Å². The van der Waals surface area contributed by atoms with E-state index in [0.29, 0.717) is 4.47 Å². The molecule has 10 heteroatoms. The number of nitrogens with one attached hydrogen (secondary N) is 1. The number of nitriles is 2. The number of ether oxygens (including phenoxy) is 2. The molecule has 0 saturated carbocycles. The molecule has 0 amide bonds. The van der Waals surface area contributed by atoms with E-state index >= 15 is 0 Å². The van der Waals surface area contributed by atoms with E-state index in [9.17, 15) is 8.78 Å². The van der Waals surface area contributed by atoms with E-state index in [4.69, 9.17) is 10.5 Å². The molecular weight excluding hydrogens is 406 g/mol. The number of hydrazone groups is 1. The summed E-state index contributed by atoms with van der Waals surface area (Å²) in [4.78, 5) is 0. The summed E-state index contributed by atoms with van der Waals surface area (Å²) in [5.74, 6) is -0.379. The zero-order valence-corrected chi connectivity index (χ0v) is 12.4. The molecule has 20 heavy (non-hydrogen) atoms. The Morgan fingerprint density at radius 3 is 2.55 bits per heavy atom. The highest BCUT2D eigenvalue weighted by Crippen LogP contribution is 2.51. The predicted molar refractivity (Wildman–Crippen MR) is 70.3 cm³/mol. The van der Waals surface area contributed by atoms with E-state index in [1.165, 1.54) is 6.07 Å². The minimum absolute atomic E-state index is 0.109. The second-order valence-electron chi connectivity index (χ2n) is 3.34. The van der Waals surface area contributed by atoms with E-state index in [2.05, 4.69) is 51.9 Å². The van der Waals surface area contributed by atoms with Crippen molar-refractivity contribution in [2.45, 2.75) is 6.29 Å². The number of hydrogen-bond donors (Lipinski definition) is 1. The van der Waals surface area contributed by atoms with Gasteiger partial charge in [0.15, 0.2) is 11.5 Å². The van der Waals surface area contributed by atoms with Crippen LogP contribution in [0.25, 0.3) is 0 Å². The molecule has 1 aliphatic rings. The molecule has 0 saturated heterocycles. The number of benzene rings is 1. The summed E-state index contributed by atoms with van der Waals surface area (Å²) in [6, 6.07) is 4.34. The molecule has 6 nitrogen and oxygen atoms in total. The van der Waals surface area contributed by atoms with Gasteiger partial charge < -0.3 is 9.47 Å². The third-order valence-corrected chi connectivity index (χ3v) is 3.46. The van der Waals surface area contributed by atoms with Crippen LogP contribution in [0.2, 0.25) is 0 Å². The summed E-state index contributed by atoms with van der Waals surface area (Å²) in [6.07, 6.45) is -3.75. The van der Waals surface area contributed by atoms with Gasteiger partial charge >= 0.3 is 6.29 Å². The first-order valence-electron chi connectivity index (χ1n) is 4.79. The molecular formula is C10H2Br2F2N4O2. The topological polar surface area (TPSA) is 90.4 Å². The summed E-state index contributed by atoms with van der Waals surface area (Å²) in [5.41, 5.74) is 2.19. The van der Waals surface area contributed by atoms with Gasteiger partial charge in [0.2, 0.25) is 5.71 Å². The lowest BCUT2D eigenvalue weighted by molar-refractivity contribution is -0.286. The van der Waals surface area contributed by atoms with Gasteiger partial charge in [0, 0.05) is 10.5 Å².